The zero-order valence-electron chi connectivity index (χ0n) is 10.9. The van der Waals surface area contributed by atoms with Crippen LogP contribution in [-0.4, -0.2) is 6.61 Å². The topological polar surface area (TPSA) is 58.2 Å². The molecule has 0 atom stereocenters. The highest BCUT2D eigenvalue weighted by Crippen LogP contribution is 2.19. The lowest BCUT2D eigenvalue weighted by Crippen LogP contribution is -2.00. The van der Waals surface area contributed by atoms with Gasteiger partial charge in [0.15, 0.2) is 4.67 Å². The molecule has 2 aromatic rings. The van der Waals surface area contributed by atoms with E-state index in [1.165, 1.54) is 0 Å². The van der Waals surface area contributed by atoms with Crippen LogP contribution in [0.3, 0.4) is 0 Å². The molecule has 0 aliphatic carbocycles. The van der Waals surface area contributed by atoms with Crippen LogP contribution in [0.5, 0.6) is 5.75 Å². The van der Waals surface area contributed by atoms with Crippen LogP contribution < -0.4 is 10.1 Å². The van der Waals surface area contributed by atoms with Crippen molar-refractivity contribution < 1.29 is 9.15 Å². The summed E-state index contributed by atoms with van der Waals surface area (Å²) in [5.41, 5.74) is 0.968. The zero-order valence-corrected chi connectivity index (χ0v) is 12.5. The number of rotatable bonds is 7. The van der Waals surface area contributed by atoms with Crippen molar-refractivity contribution in [3.05, 3.63) is 46.8 Å². The Morgan fingerprint density at radius 1 is 1.30 bits per heavy atom. The van der Waals surface area contributed by atoms with Crippen molar-refractivity contribution in [3.63, 3.8) is 0 Å². The lowest BCUT2D eigenvalue weighted by atomic mass is 10.3. The third kappa shape index (κ3) is 4.63. The van der Waals surface area contributed by atoms with Gasteiger partial charge in [-0.3, -0.25) is 0 Å². The smallest absolute Gasteiger partial charge is 0.169 e. The summed E-state index contributed by atoms with van der Waals surface area (Å²) in [5, 5.41) is 11.7. The van der Waals surface area contributed by atoms with Gasteiger partial charge >= 0.3 is 0 Å². The van der Waals surface area contributed by atoms with Gasteiger partial charge in [-0.25, -0.2) is 0 Å². The minimum absolute atomic E-state index is 0.519. The van der Waals surface area contributed by atoms with E-state index in [0.717, 1.165) is 28.3 Å². The fraction of sp³-hybridized carbons (Fsp3) is 0.267. The fourth-order valence-corrected chi connectivity index (χ4v) is 2.01. The first-order valence-electron chi connectivity index (χ1n) is 6.36. The van der Waals surface area contributed by atoms with Crippen molar-refractivity contribution >= 4 is 21.6 Å². The molecule has 0 aliphatic rings. The van der Waals surface area contributed by atoms with E-state index in [0.29, 0.717) is 19.6 Å². The lowest BCUT2D eigenvalue weighted by Gasteiger charge is -2.08. The van der Waals surface area contributed by atoms with Gasteiger partial charge in [-0.05, 0) is 46.6 Å². The molecule has 4 nitrogen and oxygen atoms in total. The van der Waals surface area contributed by atoms with E-state index in [-0.39, 0.29) is 0 Å². The SMILES string of the molecule is N#CCCCOc1cccc(NCc2ccc(Br)o2)c1. The van der Waals surface area contributed by atoms with Crippen molar-refractivity contribution in [2.24, 2.45) is 0 Å². The first-order valence-corrected chi connectivity index (χ1v) is 7.15. The van der Waals surface area contributed by atoms with Gasteiger partial charge in [0, 0.05) is 18.2 Å². The van der Waals surface area contributed by atoms with Gasteiger partial charge in [-0.2, -0.15) is 5.26 Å². The molecule has 0 radical (unpaired) electrons. The first-order chi connectivity index (χ1) is 9.78. The van der Waals surface area contributed by atoms with Crippen LogP contribution in [0.2, 0.25) is 0 Å². The van der Waals surface area contributed by atoms with E-state index in [4.69, 9.17) is 14.4 Å². The van der Waals surface area contributed by atoms with Crippen LogP contribution in [-0.2, 0) is 6.54 Å². The van der Waals surface area contributed by atoms with E-state index in [2.05, 4.69) is 27.3 Å². The molecule has 104 valence electrons. The van der Waals surface area contributed by atoms with Crippen LogP contribution in [0.15, 0.2) is 45.5 Å². The fourth-order valence-electron chi connectivity index (χ4n) is 1.67. The summed E-state index contributed by atoms with van der Waals surface area (Å²) >= 11 is 3.27. The second-order valence-corrected chi connectivity index (χ2v) is 4.98. The first kappa shape index (κ1) is 14.5. The lowest BCUT2D eigenvalue weighted by molar-refractivity contribution is 0.313. The zero-order chi connectivity index (χ0) is 14.2. The number of halogens is 1. The van der Waals surface area contributed by atoms with Crippen molar-refractivity contribution in [1.29, 1.82) is 5.26 Å². The predicted octanol–water partition coefficient (Wildman–Crippen LogP) is 4.34. The minimum Gasteiger partial charge on any atom is -0.493 e. The van der Waals surface area contributed by atoms with E-state index < -0.39 is 0 Å². The molecule has 2 rings (SSSR count). The third-order valence-electron chi connectivity index (χ3n) is 2.63. The average Bonchev–Trinajstić information content (AvgIpc) is 2.88. The van der Waals surface area contributed by atoms with Gasteiger partial charge < -0.3 is 14.5 Å². The van der Waals surface area contributed by atoms with E-state index in [1.54, 1.807) is 0 Å². The summed E-state index contributed by atoms with van der Waals surface area (Å²) in [7, 11) is 0. The number of unbranched alkanes of at least 4 members (excludes halogenated alkanes) is 1. The molecule has 20 heavy (non-hydrogen) atoms. The van der Waals surface area contributed by atoms with E-state index in [1.807, 2.05) is 36.4 Å². The summed E-state index contributed by atoms with van der Waals surface area (Å²) in [6.07, 6.45) is 1.26. The third-order valence-corrected chi connectivity index (χ3v) is 3.06. The molecule has 1 aromatic heterocycles. The molecule has 5 heteroatoms. The molecule has 0 saturated carbocycles. The Morgan fingerprint density at radius 3 is 2.95 bits per heavy atom. The van der Waals surface area contributed by atoms with Gasteiger partial charge in [0.2, 0.25) is 0 Å². The number of nitrogens with one attached hydrogen (secondary N) is 1. The second-order valence-electron chi connectivity index (χ2n) is 4.20. The highest BCUT2D eigenvalue weighted by atomic mass is 79.9. The second kappa shape index (κ2) is 7.61. The number of nitrogens with zero attached hydrogens (tertiary/aromatic N) is 1. The molecule has 0 aliphatic heterocycles. The van der Waals surface area contributed by atoms with E-state index in [9.17, 15) is 0 Å². The van der Waals surface area contributed by atoms with Gasteiger partial charge in [0.1, 0.15) is 11.5 Å². The Balaban J connectivity index is 1.84. The van der Waals surface area contributed by atoms with Crippen LogP contribution in [0, 0.1) is 11.3 Å². The number of benzene rings is 1. The van der Waals surface area contributed by atoms with Crippen molar-refractivity contribution in [3.8, 4) is 11.8 Å². The number of hydrogen-bond donors (Lipinski definition) is 1. The molecule has 0 saturated heterocycles. The monoisotopic (exact) mass is 334 g/mol. The Hall–Kier alpha value is -1.93. The molecule has 1 heterocycles. The Morgan fingerprint density at radius 2 is 2.20 bits per heavy atom. The van der Waals surface area contributed by atoms with Crippen LogP contribution >= 0.6 is 15.9 Å². The standard InChI is InChI=1S/C15H15BrN2O2/c16-15-7-6-14(20-15)11-18-12-4-3-5-13(10-12)19-9-2-1-8-17/h3-7,10,18H,1-2,9,11H2. The van der Waals surface area contributed by atoms with Crippen molar-refractivity contribution in [2.45, 2.75) is 19.4 Å². The maximum absolute atomic E-state index is 8.46. The molecular formula is C15H15BrN2O2. The van der Waals surface area contributed by atoms with Gasteiger partial charge in [0.25, 0.3) is 0 Å². The average molecular weight is 335 g/mol. The van der Waals surface area contributed by atoms with Crippen LogP contribution in [0.4, 0.5) is 5.69 Å². The number of nitriles is 1. The number of hydrogen-bond acceptors (Lipinski definition) is 4. The largest absolute Gasteiger partial charge is 0.493 e. The number of anilines is 1. The Kier molecular flexibility index (Phi) is 5.51. The summed E-state index contributed by atoms with van der Waals surface area (Å²) in [4.78, 5) is 0. The van der Waals surface area contributed by atoms with E-state index >= 15 is 0 Å². The van der Waals surface area contributed by atoms with Gasteiger partial charge in [0.05, 0.1) is 19.2 Å². The molecule has 0 fully saturated rings. The molecule has 1 aromatic carbocycles. The number of ether oxygens (including phenoxy) is 1. The molecule has 0 bridgehead atoms. The maximum atomic E-state index is 8.46. The van der Waals surface area contributed by atoms with Crippen molar-refractivity contribution in [2.75, 3.05) is 11.9 Å². The minimum atomic E-state index is 0.519. The van der Waals surface area contributed by atoms with Gasteiger partial charge in [-0.1, -0.05) is 6.07 Å². The summed E-state index contributed by atoms with van der Waals surface area (Å²) in [6, 6.07) is 13.6. The number of furan rings is 1. The predicted molar refractivity (Wildman–Crippen MR) is 80.5 cm³/mol. The molecule has 0 amide bonds. The maximum Gasteiger partial charge on any atom is 0.169 e. The summed E-state index contributed by atoms with van der Waals surface area (Å²) < 4.78 is 11.7. The van der Waals surface area contributed by atoms with Gasteiger partial charge in [-0.15, -0.1) is 0 Å². The van der Waals surface area contributed by atoms with Crippen molar-refractivity contribution in [1.82, 2.24) is 0 Å². The van der Waals surface area contributed by atoms with Crippen LogP contribution in [0.25, 0.3) is 0 Å². The molecular weight excluding hydrogens is 320 g/mol. The normalized spacial score (nSPS) is 10.0. The molecule has 0 unspecified atom stereocenters. The van der Waals surface area contributed by atoms with Crippen LogP contribution in [0.1, 0.15) is 18.6 Å². The summed E-state index contributed by atoms with van der Waals surface area (Å²) in [5.74, 6) is 1.66. The quantitative estimate of drug-likeness (QED) is 0.765. The highest BCUT2D eigenvalue weighted by molar-refractivity contribution is 9.10. The Labute approximate surface area is 126 Å². The molecule has 1 N–H and O–H groups in total. The summed E-state index contributed by atoms with van der Waals surface area (Å²) in [6.45, 7) is 1.17. The highest BCUT2D eigenvalue weighted by Gasteiger charge is 2.01. The molecule has 0 spiro atoms. The Bertz CT molecular complexity index is 590.